The van der Waals surface area contributed by atoms with Gasteiger partial charge in [0.2, 0.25) is 0 Å². The smallest absolute Gasteiger partial charge is 0.252 e. The maximum Gasteiger partial charge on any atom is 0.252 e. The highest BCUT2D eigenvalue weighted by molar-refractivity contribution is 14.1. The van der Waals surface area contributed by atoms with E-state index in [1.807, 2.05) is 19.2 Å². The SMILES string of the molecule is Cn1nccc1CCNC(=O)c1cc(Cl)ccc1I. The molecule has 1 aromatic heterocycles. The van der Waals surface area contributed by atoms with Gasteiger partial charge in [-0.3, -0.25) is 9.48 Å². The normalized spacial score (nSPS) is 10.5. The lowest BCUT2D eigenvalue weighted by Crippen LogP contribution is -2.26. The molecule has 0 aliphatic heterocycles. The second-order valence-corrected chi connectivity index (χ2v) is 5.67. The number of aryl methyl sites for hydroxylation is 1. The van der Waals surface area contributed by atoms with E-state index in [9.17, 15) is 4.79 Å². The molecule has 0 radical (unpaired) electrons. The summed E-state index contributed by atoms with van der Waals surface area (Å²) < 4.78 is 2.69. The van der Waals surface area contributed by atoms with Crippen molar-refractivity contribution in [2.75, 3.05) is 6.54 Å². The number of halogens is 2. The molecule has 0 spiro atoms. The highest BCUT2D eigenvalue weighted by atomic mass is 127. The quantitative estimate of drug-likeness (QED) is 0.817. The molecule has 0 saturated carbocycles. The van der Waals surface area contributed by atoms with Gasteiger partial charge in [0.25, 0.3) is 5.91 Å². The Balaban J connectivity index is 1.94. The first-order chi connectivity index (χ1) is 9.08. The number of carbonyl (C=O) groups is 1. The van der Waals surface area contributed by atoms with Crippen LogP contribution in [0.15, 0.2) is 30.5 Å². The number of hydrogen-bond donors (Lipinski definition) is 1. The van der Waals surface area contributed by atoms with Gasteiger partial charge in [-0.2, -0.15) is 5.10 Å². The van der Waals surface area contributed by atoms with Gasteiger partial charge in [0.05, 0.1) is 5.56 Å². The molecule has 100 valence electrons. The van der Waals surface area contributed by atoms with Gasteiger partial charge in [0, 0.05) is 40.5 Å². The summed E-state index contributed by atoms with van der Waals surface area (Å²) in [6.45, 7) is 0.570. The van der Waals surface area contributed by atoms with E-state index in [1.54, 1.807) is 23.0 Å². The Hall–Kier alpha value is -1.08. The third kappa shape index (κ3) is 3.70. The minimum atomic E-state index is -0.103. The zero-order valence-electron chi connectivity index (χ0n) is 10.4. The van der Waals surface area contributed by atoms with E-state index in [0.717, 1.165) is 15.7 Å². The summed E-state index contributed by atoms with van der Waals surface area (Å²) in [4.78, 5) is 12.0. The van der Waals surface area contributed by atoms with Crippen molar-refractivity contribution in [1.29, 1.82) is 0 Å². The molecule has 2 aromatic rings. The molecule has 0 saturated heterocycles. The summed E-state index contributed by atoms with van der Waals surface area (Å²) in [5, 5.41) is 7.54. The van der Waals surface area contributed by atoms with Crippen LogP contribution in [0.3, 0.4) is 0 Å². The first-order valence-corrected chi connectivity index (χ1v) is 7.23. The van der Waals surface area contributed by atoms with Gasteiger partial charge >= 0.3 is 0 Å². The van der Waals surface area contributed by atoms with Crippen LogP contribution in [-0.4, -0.2) is 22.2 Å². The van der Waals surface area contributed by atoms with Crippen molar-refractivity contribution in [3.63, 3.8) is 0 Å². The number of rotatable bonds is 4. The number of aromatic nitrogens is 2. The van der Waals surface area contributed by atoms with Crippen molar-refractivity contribution < 1.29 is 4.79 Å². The number of nitrogens with zero attached hydrogens (tertiary/aromatic N) is 2. The Morgan fingerprint density at radius 3 is 2.95 bits per heavy atom. The van der Waals surface area contributed by atoms with E-state index in [1.165, 1.54) is 0 Å². The van der Waals surface area contributed by atoms with E-state index in [4.69, 9.17) is 11.6 Å². The summed E-state index contributed by atoms with van der Waals surface area (Å²) in [6, 6.07) is 7.23. The number of amides is 1. The first kappa shape index (κ1) is 14.3. The maximum absolute atomic E-state index is 12.0. The van der Waals surface area contributed by atoms with Crippen LogP contribution in [0, 0.1) is 3.57 Å². The highest BCUT2D eigenvalue weighted by Gasteiger charge is 2.10. The van der Waals surface area contributed by atoms with Crippen LogP contribution in [0.4, 0.5) is 0 Å². The molecule has 0 aliphatic carbocycles. The Kier molecular flexibility index (Phi) is 4.81. The number of nitrogens with one attached hydrogen (secondary N) is 1. The fraction of sp³-hybridized carbons (Fsp3) is 0.231. The van der Waals surface area contributed by atoms with Crippen LogP contribution in [0.25, 0.3) is 0 Å². The number of hydrogen-bond acceptors (Lipinski definition) is 2. The Labute approximate surface area is 130 Å². The van der Waals surface area contributed by atoms with Crippen molar-refractivity contribution >= 4 is 40.1 Å². The average molecular weight is 390 g/mol. The summed E-state index contributed by atoms with van der Waals surface area (Å²) in [5.41, 5.74) is 1.69. The minimum Gasteiger partial charge on any atom is -0.352 e. The lowest BCUT2D eigenvalue weighted by molar-refractivity contribution is 0.0953. The summed E-state index contributed by atoms with van der Waals surface area (Å²) in [7, 11) is 1.89. The van der Waals surface area contributed by atoms with Crippen LogP contribution in [-0.2, 0) is 13.5 Å². The lowest BCUT2D eigenvalue weighted by Gasteiger charge is -2.07. The Bertz CT molecular complexity index is 597. The molecule has 0 unspecified atom stereocenters. The molecule has 19 heavy (non-hydrogen) atoms. The van der Waals surface area contributed by atoms with Crippen LogP contribution in [0.1, 0.15) is 16.1 Å². The highest BCUT2D eigenvalue weighted by Crippen LogP contribution is 2.17. The second-order valence-electron chi connectivity index (χ2n) is 4.08. The van der Waals surface area contributed by atoms with Crippen molar-refractivity contribution in [2.24, 2.45) is 7.05 Å². The van der Waals surface area contributed by atoms with Gasteiger partial charge in [0.15, 0.2) is 0 Å². The monoisotopic (exact) mass is 389 g/mol. The molecule has 1 N–H and O–H groups in total. The van der Waals surface area contributed by atoms with Crippen molar-refractivity contribution in [1.82, 2.24) is 15.1 Å². The molecule has 6 heteroatoms. The van der Waals surface area contributed by atoms with E-state index in [2.05, 4.69) is 33.0 Å². The zero-order valence-corrected chi connectivity index (χ0v) is 13.3. The van der Waals surface area contributed by atoms with Gasteiger partial charge in [-0.25, -0.2) is 0 Å². The summed E-state index contributed by atoms with van der Waals surface area (Å²) >= 11 is 8.03. The molecule has 1 amide bonds. The minimum absolute atomic E-state index is 0.103. The zero-order chi connectivity index (χ0) is 13.8. The van der Waals surface area contributed by atoms with Crippen molar-refractivity contribution in [3.8, 4) is 0 Å². The van der Waals surface area contributed by atoms with Crippen LogP contribution < -0.4 is 5.32 Å². The fourth-order valence-corrected chi connectivity index (χ4v) is 2.47. The standard InChI is InChI=1S/C13H13ClIN3O/c1-18-10(5-7-17-18)4-6-16-13(19)11-8-9(14)2-3-12(11)15/h2-3,5,7-8H,4,6H2,1H3,(H,16,19). The van der Waals surface area contributed by atoms with Gasteiger partial charge < -0.3 is 5.32 Å². The molecular weight excluding hydrogens is 377 g/mol. The van der Waals surface area contributed by atoms with E-state index in [0.29, 0.717) is 17.1 Å². The molecule has 0 aliphatic rings. The van der Waals surface area contributed by atoms with Gasteiger partial charge in [0.1, 0.15) is 0 Å². The third-order valence-electron chi connectivity index (χ3n) is 2.76. The third-order valence-corrected chi connectivity index (χ3v) is 3.94. The maximum atomic E-state index is 12.0. The second kappa shape index (κ2) is 6.38. The van der Waals surface area contributed by atoms with E-state index < -0.39 is 0 Å². The molecule has 0 fully saturated rings. The molecule has 0 bridgehead atoms. The predicted molar refractivity (Wildman–Crippen MR) is 83.4 cm³/mol. The molecule has 0 atom stereocenters. The van der Waals surface area contributed by atoms with Crippen LogP contribution in [0.5, 0.6) is 0 Å². The van der Waals surface area contributed by atoms with E-state index >= 15 is 0 Å². The largest absolute Gasteiger partial charge is 0.352 e. The van der Waals surface area contributed by atoms with Gasteiger partial charge in [-0.1, -0.05) is 11.6 Å². The van der Waals surface area contributed by atoms with Gasteiger partial charge in [-0.15, -0.1) is 0 Å². The van der Waals surface area contributed by atoms with E-state index in [-0.39, 0.29) is 5.91 Å². The van der Waals surface area contributed by atoms with Crippen molar-refractivity contribution in [2.45, 2.75) is 6.42 Å². The first-order valence-electron chi connectivity index (χ1n) is 5.78. The topological polar surface area (TPSA) is 46.9 Å². The predicted octanol–water partition coefficient (Wildman–Crippen LogP) is 2.65. The number of carbonyl (C=O) groups excluding carboxylic acids is 1. The molecule has 4 nitrogen and oxygen atoms in total. The van der Waals surface area contributed by atoms with Gasteiger partial charge in [-0.05, 0) is 46.9 Å². The van der Waals surface area contributed by atoms with Crippen LogP contribution >= 0.6 is 34.2 Å². The van der Waals surface area contributed by atoms with Crippen LogP contribution in [0.2, 0.25) is 5.02 Å². The summed E-state index contributed by atoms with van der Waals surface area (Å²) in [5.74, 6) is -0.103. The molecule has 2 rings (SSSR count). The average Bonchev–Trinajstić information content (AvgIpc) is 2.78. The molecular formula is C13H13ClIN3O. The fourth-order valence-electron chi connectivity index (χ4n) is 1.72. The molecule has 1 aromatic carbocycles. The Morgan fingerprint density at radius 1 is 1.47 bits per heavy atom. The molecule has 1 heterocycles. The summed E-state index contributed by atoms with van der Waals surface area (Å²) in [6.07, 6.45) is 2.50. The Morgan fingerprint density at radius 2 is 2.26 bits per heavy atom. The van der Waals surface area contributed by atoms with Crippen molar-refractivity contribution in [3.05, 3.63) is 50.3 Å². The lowest BCUT2D eigenvalue weighted by atomic mass is 10.2. The number of benzene rings is 1.